The van der Waals surface area contributed by atoms with Gasteiger partial charge in [-0.1, -0.05) is 12.5 Å². The summed E-state index contributed by atoms with van der Waals surface area (Å²) >= 11 is 0. The number of benzene rings is 1. The summed E-state index contributed by atoms with van der Waals surface area (Å²) in [7, 11) is -2.08. The van der Waals surface area contributed by atoms with Gasteiger partial charge in [0.15, 0.2) is 0 Å². The molecule has 0 spiro atoms. The number of hydrogen-bond acceptors (Lipinski definition) is 6. The van der Waals surface area contributed by atoms with Crippen LogP contribution in [0.2, 0.25) is 0 Å². The number of nitrogens with zero attached hydrogens (tertiary/aromatic N) is 2. The number of pyridine rings is 1. The highest BCUT2D eigenvalue weighted by Gasteiger charge is 2.28. The van der Waals surface area contributed by atoms with Crippen molar-refractivity contribution >= 4 is 21.6 Å². The van der Waals surface area contributed by atoms with Crippen LogP contribution in [-0.2, 0) is 14.8 Å². The third-order valence-corrected chi connectivity index (χ3v) is 6.97. The summed E-state index contributed by atoms with van der Waals surface area (Å²) in [6.07, 6.45) is 4.30. The molecule has 1 aromatic carbocycles. The molecule has 0 saturated carbocycles. The predicted octanol–water partition coefficient (Wildman–Crippen LogP) is 2.84. The zero-order chi connectivity index (χ0) is 21.6. The van der Waals surface area contributed by atoms with Crippen LogP contribution in [-0.4, -0.2) is 57.0 Å². The van der Waals surface area contributed by atoms with Crippen molar-refractivity contribution in [2.45, 2.75) is 31.1 Å². The molecule has 0 atom stereocenters. The normalized spacial score (nSPS) is 15.0. The van der Waals surface area contributed by atoms with E-state index in [4.69, 9.17) is 9.47 Å². The van der Waals surface area contributed by atoms with Crippen molar-refractivity contribution in [3.05, 3.63) is 47.7 Å². The first-order valence-electron chi connectivity index (χ1n) is 9.92. The zero-order valence-corrected chi connectivity index (χ0v) is 18.1. The van der Waals surface area contributed by atoms with Gasteiger partial charge in [-0.15, -0.1) is 0 Å². The number of aromatic nitrogens is 1. The molecule has 0 unspecified atom stereocenters. The molecule has 1 aliphatic rings. The first-order chi connectivity index (χ1) is 14.4. The molecule has 1 amide bonds. The Morgan fingerprint density at radius 3 is 2.67 bits per heavy atom. The number of anilines is 1. The highest BCUT2D eigenvalue weighted by atomic mass is 32.2. The maximum absolute atomic E-state index is 13.1. The number of carbonyl (C=O) groups is 1. The molecule has 9 heteroatoms. The van der Waals surface area contributed by atoms with Crippen LogP contribution in [0.15, 0.2) is 41.4 Å². The van der Waals surface area contributed by atoms with E-state index in [0.717, 1.165) is 19.3 Å². The van der Waals surface area contributed by atoms with E-state index in [-0.39, 0.29) is 16.3 Å². The van der Waals surface area contributed by atoms with Crippen LogP contribution in [0.25, 0.3) is 0 Å². The number of hydrogen-bond donors (Lipinski definition) is 1. The van der Waals surface area contributed by atoms with Gasteiger partial charge >= 0.3 is 0 Å². The van der Waals surface area contributed by atoms with Crippen LogP contribution in [0.3, 0.4) is 0 Å². The monoisotopic (exact) mass is 433 g/mol. The fourth-order valence-corrected chi connectivity index (χ4v) is 5.05. The molecule has 2 aromatic rings. The van der Waals surface area contributed by atoms with Gasteiger partial charge in [-0.05, 0) is 49.6 Å². The van der Waals surface area contributed by atoms with Gasteiger partial charge in [0, 0.05) is 32.0 Å². The molecule has 0 radical (unpaired) electrons. The Kier molecular flexibility index (Phi) is 7.41. The number of aryl methyl sites for hydroxylation is 1. The van der Waals surface area contributed by atoms with Crippen LogP contribution in [0.4, 0.5) is 5.69 Å². The number of rotatable bonds is 8. The van der Waals surface area contributed by atoms with E-state index in [9.17, 15) is 13.2 Å². The highest BCUT2D eigenvalue weighted by molar-refractivity contribution is 7.89. The first kappa shape index (κ1) is 22.2. The lowest BCUT2D eigenvalue weighted by molar-refractivity contribution is 0.102. The second-order valence-electron chi connectivity index (χ2n) is 7.10. The van der Waals surface area contributed by atoms with Crippen molar-refractivity contribution in [1.29, 1.82) is 0 Å². The number of methoxy groups -OCH3 is 1. The molecule has 8 nitrogen and oxygen atoms in total. The molecule has 0 bridgehead atoms. The van der Waals surface area contributed by atoms with E-state index in [1.54, 1.807) is 44.5 Å². The van der Waals surface area contributed by atoms with Crippen molar-refractivity contribution in [2.75, 3.05) is 38.7 Å². The molecule has 1 aromatic heterocycles. The predicted molar refractivity (Wildman–Crippen MR) is 113 cm³/mol. The lowest BCUT2D eigenvalue weighted by Gasteiger charge is -2.26. The molecule has 0 aliphatic carbocycles. The average molecular weight is 434 g/mol. The smallest absolute Gasteiger partial charge is 0.255 e. The van der Waals surface area contributed by atoms with Crippen molar-refractivity contribution in [2.24, 2.45) is 0 Å². The minimum absolute atomic E-state index is 0.166. The largest absolute Gasteiger partial charge is 0.474 e. The van der Waals surface area contributed by atoms with Gasteiger partial charge in [0.25, 0.3) is 5.91 Å². The maximum atomic E-state index is 13.1. The molecule has 162 valence electrons. The maximum Gasteiger partial charge on any atom is 0.255 e. The summed E-state index contributed by atoms with van der Waals surface area (Å²) in [5.74, 6) is -0.161. The van der Waals surface area contributed by atoms with Crippen LogP contribution in [0.1, 0.15) is 35.2 Å². The number of piperidine rings is 1. The lowest BCUT2D eigenvalue weighted by atomic mass is 10.1. The molecule has 1 aliphatic heterocycles. The van der Waals surface area contributed by atoms with E-state index < -0.39 is 15.9 Å². The highest BCUT2D eigenvalue weighted by Crippen LogP contribution is 2.26. The third-order valence-electron chi connectivity index (χ3n) is 4.93. The van der Waals surface area contributed by atoms with Crippen LogP contribution in [0.5, 0.6) is 5.88 Å². The van der Waals surface area contributed by atoms with Gasteiger partial charge in [-0.3, -0.25) is 4.79 Å². The molecule has 1 N–H and O–H groups in total. The topological polar surface area (TPSA) is 97.8 Å². The Morgan fingerprint density at radius 1 is 1.17 bits per heavy atom. The van der Waals surface area contributed by atoms with Crippen molar-refractivity contribution in [3.8, 4) is 5.88 Å². The van der Waals surface area contributed by atoms with Gasteiger partial charge in [0.1, 0.15) is 12.3 Å². The summed E-state index contributed by atoms with van der Waals surface area (Å²) in [6.45, 7) is 3.44. The standard InChI is InChI=1S/C21H27N3O5S/c1-16-8-9-17(15-19(16)30(26,27)24-11-4-3-5-12-24)20(25)23-18-7-6-10-22-21(18)29-14-13-28-2/h6-10,15H,3-5,11-14H2,1-2H3,(H,23,25). The fourth-order valence-electron chi connectivity index (χ4n) is 3.28. The van der Waals surface area contributed by atoms with E-state index in [1.807, 2.05) is 0 Å². The fraction of sp³-hybridized carbons (Fsp3) is 0.429. The van der Waals surface area contributed by atoms with Crippen molar-refractivity contribution < 1.29 is 22.7 Å². The second-order valence-corrected chi connectivity index (χ2v) is 9.00. The number of carbonyl (C=O) groups excluding carboxylic acids is 1. The van der Waals surface area contributed by atoms with Crippen LogP contribution >= 0.6 is 0 Å². The molecular formula is C21H27N3O5S. The number of nitrogens with one attached hydrogen (secondary N) is 1. The summed E-state index contributed by atoms with van der Waals surface area (Å²) in [6, 6.07) is 8.07. The Morgan fingerprint density at radius 2 is 1.93 bits per heavy atom. The van der Waals surface area contributed by atoms with Crippen molar-refractivity contribution in [1.82, 2.24) is 9.29 Å². The first-order valence-corrected chi connectivity index (χ1v) is 11.4. The minimum atomic E-state index is -3.64. The number of sulfonamides is 1. The Hall–Kier alpha value is -2.49. The molecule has 2 heterocycles. The zero-order valence-electron chi connectivity index (χ0n) is 17.3. The number of ether oxygens (including phenoxy) is 2. The quantitative estimate of drug-likeness (QED) is 0.643. The van der Waals surface area contributed by atoms with Crippen LogP contribution in [0, 0.1) is 6.92 Å². The summed E-state index contributed by atoms with van der Waals surface area (Å²) in [5, 5.41) is 2.76. The Labute approximate surface area is 177 Å². The van der Waals surface area contributed by atoms with E-state index in [2.05, 4.69) is 10.3 Å². The Balaban J connectivity index is 1.82. The molecule has 1 fully saturated rings. The van der Waals surface area contributed by atoms with Gasteiger partial charge in [0.05, 0.1) is 11.5 Å². The SMILES string of the molecule is COCCOc1ncccc1NC(=O)c1ccc(C)c(S(=O)(=O)N2CCCCC2)c1. The van der Waals surface area contributed by atoms with Gasteiger partial charge in [-0.25, -0.2) is 13.4 Å². The van der Waals surface area contributed by atoms with Gasteiger partial charge in [-0.2, -0.15) is 4.31 Å². The molecule has 3 rings (SSSR count). The van der Waals surface area contributed by atoms with Gasteiger partial charge < -0.3 is 14.8 Å². The van der Waals surface area contributed by atoms with E-state index in [0.29, 0.717) is 37.6 Å². The summed E-state index contributed by atoms with van der Waals surface area (Å²) < 4.78 is 38.2. The second kappa shape index (κ2) is 10.0. The van der Waals surface area contributed by atoms with Crippen molar-refractivity contribution in [3.63, 3.8) is 0 Å². The summed E-state index contributed by atoms with van der Waals surface area (Å²) in [4.78, 5) is 17.1. The molecule has 30 heavy (non-hydrogen) atoms. The molecular weight excluding hydrogens is 406 g/mol. The van der Waals surface area contributed by atoms with Gasteiger partial charge in [0.2, 0.25) is 15.9 Å². The van der Waals surface area contributed by atoms with E-state index >= 15 is 0 Å². The summed E-state index contributed by atoms with van der Waals surface area (Å²) in [5.41, 5.74) is 1.27. The number of amides is 1. The average Bonchev–Trinajstić information content (AvgIpc) is 2.76. The minimum Gasteiger partial charge on any atom is -0.474 e. The molecule has 1 saturated heterocycles. The Bertz CT molecular complexity index is 988. The third kappa shape index (κ3) is 5.16. The van der Waals surface area contributed by atoms with Crippen LogP contribution < -0.4 is 10.1 Å². The lowest BCUT2D eigenvalue weighted by Crippen LogP contribution is -2.36. The van der Waals surface area contributed by atoms with E-state index in [1.165, 1.54) is 10.4 Å².